The van der Waals surface area contributed by atoms with E-state index in [1.165, 1.54) is 64.2 Å². The zero-order valence-electron chi connectivity index (χ0n) is 14.7. The van der Waals surface area contributed by atoms with Crippen LogP contribution in [0.5, 0.6) is 0 Å². The summed E-state index contributed by atoms with van der Waals surface area (Å²) in [5.74, 6) is 4.00. The Balaban J connectivity index is 1.82. The molecule has 0 aromatic carbocycles. The third-order valence-electron chi connectivity index (χ3n) is 7.89. The third-order valence-corrected chi connectivity index (χ3v) is 7.89. The van der Waals surface area contributed by atoms with Gasteiger partial charge in [-0.15, -0.1) is 6.58 Å². The average Bonchev–Trinajstić information content (AvgIpc) is 3.01. The Labute approximate surface area is 132 Å². The van der Waals surface area contributed by atoms with Gasteiger partial charge in [0.25, 0.3) is 0 Å². The smallest absolute Gasteiger partial charge is 0.0229 e. The molecule has 0 aromatic heterocycles. The summed E-state index contributed by atoms with van der Waals surface area (Å²) in [6, 6.07) is 0. The zero-order valence-corrected chi connectivity index (χ0v) is 14.7. The highest BCUT2D eigenvalue weighted by Gasteiger charge is 2.65. The van der Waals surface area contributed by atoms with E-state index < -0.39 is 0 Å². The molecule has 0 heterocycles. The van der Waals surface area contributed by atoms with Gasteiger partial charge < -0.3 is 0 Å². The monoisotopic (exact) mass is 288 g/mol. The van der Waals surface area contributed by atoms with Gasteiger partial charge in [0.1, 0.15) is 0 Å². The van der Waals surface area contributed by atoms with E-state index in [9.17, 15) is 0 Å². The fourth-order valence-electron chi connectivity index (χ4n) is 6.84. The third kappa shape index (κ3) is 2.41. The molecular formula is C21H36. The van der Waals surface area contributed by atoms with Crippen molar-refractivity contribution in [2.75, 3.05) is 0 Å². The summed E-state index contributed by atoms with van der Waals surface area (Å²) >= 11 is 0. The minimum absolute atomic E-state index is 0.668. The summed E-state index contributed by atoms with van der Waals surface area (Å²) in [5, 5.41) is 0. The number of rotatable bonds is 6. The number of allylic oxidation sites excluding steroid dienone is 1. The van der Waals surface area contributed by atoms with Crippen molar-refractivity contribution in [1.82, 2.24) is 0 Å². The molecule has 0 spiro atoms. The molecule has 120 valence electrons. The van der Waals surface area contributed by atoms with Crippen molar-refractivity contribution in [1.29, 1.82) is 0 Å². The topological polar surface area (TPSA) is 0 Å². The van der Waals surface area contributed by atoms with E-state index in [0.717, 1.165) is 23.7 Å². The molecule has 0 aromatic rings. The molecule has 3 rings (SSSR count). The van der Waals surface area contributed by atoms with E-state index in [1.54, 1.807) is 0 Å². The first kappa shape index (κ1) is 15.6. The van der Waals surface area contributed by atoms with Crippen molar-refractivity contribution in [3.63, 3.8) is 0 Å². The van der Waals surface area contributed by atoms with Crippen LogP contribution < -0.4 is 0 Å². The van der Waals surface area contributed by atoms with Crippen LogP contribution in [0, 0.1) is 34.5 Å². The van der Waals surface area contributed by atoms with Gasteiger partial charge in [-0.3, -0.25) is 0 Å². The summed E-state index contributed by atoms with van der Waals surface area (Å²) in [6.45, 7) is 11.6. The van der Waals surface area contributed by atoms with Crippen LogP contribution in [0.3, 0.4) is 0 Å². The first-order valence-corrected chi connectivity index (χ1v) is 9.69. The highest BCUT2D eigenvalue weighted by molar-refractivity contribution is 5.15. The maximum absolute atomic E-state index is 4.02. The van der Waals surface area contributed by atoms with Crippen LogP contribution >= 0.6 is 0 Å². The zero-order chi connectivity index (χ0) is 15.1. The Hall–Kier alpha value is -0.260. The second-order valence-electron chi connectivity index (χ2n) is 8.87. The Bertz CT molecular complexity index is 383. The molecule has 0 N–H and O–H groups in total. The largest absolute Gasteiger partial charge is 0.103 e. The number of fused-ring (bicyclic) bond motifs is 1. The predicted molar refractivity (Wildman–Crippen MR) is 92.2 cm³/mol. The van der Waals surface area contributed by atoms with Gasteiger partial charge in [-0.2, -0.15) is 0 Å². The molecule has 0 saturated heterocycles. The molecule has 0 bridgehead atoms. The number of hydrogen-bond acceptors (Lipinski definition) is 0. The fraction of sp³-hybridized carbons (Fsp3) is 0.905. The van der Waals surface area contributed by atoms with Crippen LogP contribution in [0.4, 0.5) is 0 Å². The van der Waals surface area contributed by atoms with Gasteiger partial charge in [0.05, 0.1) is 0 Å². The molecule has 6 atom stereocenters. The van der Waals surface area contributed by atoms with Crippen molar-refractivity contribution >= 4 is 0 Å². The lowest BCUT2D eigenvalue weighted by atomic mass is 9.58. The molecule has 0 heteroatoms. The molecule has 3 unspecified atom stereocenters. The molecule has 3 fully saturated rings. The average molecular weight is 289 g/mol. The van der Waals surface area contributed by atoms with Crippen LogP contribution in [0.1, 0.15) is 85.0 Å². The van der Waals surface area contributed by atoms with Crippen LogP contribution in [0.25, 0.3) is 0 Å². The van der Waals surface area contributed by atoms with Gasteiger partial charge in [-0.1, -0.05) is 52.5 Å². The molecule has 0 nitrogen and oxygen atoms in total. The second kappa shape index (κ2) is 5.74. The van der Waals surface area contributed by atoms with Gasteiger partial charge in [0, 0.05) is 0 Å². The highest BCUT2D eigenvalue weighted by atomic mass is 14.7. The lowest BCUT2D eigenvalue weighted by Gasteiger charge is -2.47. The van der Waals surface area contributed by atoms with E-state index in [1.807, 2.05) is 0 Å². The minimum Gasteiger partial charge on any atom is -0.103 e. The molecule has 3 saturated carbocycles. The van der Waals surface area contributed by atoms with E-state index in [0.29, 0.717) is 10.8 Å². The normalized spacial score (nSPS) is 48.9. The van der Waals surface area contributed by atoms with E-state index >= 15 is 0 Å². The molecular weight excluding hydrogens is 252 g/mol. The Morgan fingerprint density at radius 3 is 2.76 bits per heavy atom. The Morgan fingerprint density at radius 2 is 2.05 bits per heavy atom. The molecule has 3 aliphatic rings. The summed E-state index contributed by atoms with van der Waals surface area (Å²) in [6.07, 6.45) is 16.8. The summed E-state index contributed by atoms with van der Waals surface area (Å²) < 4.78 is 0. The van der Waals surface area contributed by atoms with E-state index in [-0.39, 0.29) is 0 Å². The maximum Gasteiger partial charge on any atom is -0.0229 e. The number of unbranched alkanes of at least 4 members (excludes halogenated alkanes) is 1. The van der Waals surface area contributed by atoms with Crippen molar-refractivity contribution < 1.29 is 0 Å². The second-order valence-corrected chi connectivity index (χ2v) is 8.87. The van der Waals surface area contributed by atoms with Crippen molar-refractivity contribution in [2.24, 2.45) is 34.5 Å². The standard InChI is InChI=1S/C21H36/c1-5-7-14-21(15-17(21)9-6-2)19-12-11-18-16(3)10-8-13-20(18,19)4/h6,16-19H,2,5,7-15H2,1,3-4H3/t16-,17?,18?,19-,20-,21?/m0/s1. The first-order valence-electron chi connectivity index (χ1n) is 9.69. The van der Waals surface area contributed by atoms with Crippen molar-refractivity contribution in [3.8, 4) is 0 Å². The molecule has 21 heavy (non-hydrogen) atoms. The van der Waals surface area contributed by atoms with Gasteiger partial charge >= 0.3 is 0 Å². The minimum atomic E-state index is 0.668. The van der Waals surface area contributed by atoms with Gasteiger partial charge in [-0.25, -0.2) is 0 Å². The van der Waals surface area contributed by atoms with Crippen LogP contribution in [0.15, 0.2) is 12.7 Å². The summed E-state index contributed by atoms with van der Waals surface area (Å²) in [5.41, 5.74) is 1.38. The lowest BCUT2D eigenvalue weighted by molar-refractivity contribution is 0.0179. The van der Waals surface area contributed by atoms with Gasteiger partial charge in [0.2, 0.25) is 0 Å². The SMILES string of the molecule is C=CCC1CC1(CCCC)[C@H]1CCC2[C@@H](C)CCC[C@@]21C. The Morgan fingerprint density at radius 1 is 1.24 bits per heavy atom. The predicted octanol–water partition coefficient (Wildman–Crippen LogP) is 6.61. The van der Waals surface area contributed by atoms with Crippen LogP contribution in [-0.4, -0.2) is 0 Å². The van der Waals surface area contributed by atoms with Crippen molar-refractivity contribution in [2.45, 2.75) is 85.0 Å². The van der Waals surface area contributed by atoms with Crippen LogP contribution in [-0.2, 0) is 0 Å². The Kier molecular flexibility index (Phi) is 4.27. The molecule has 0 aliphatic heterocycles. The van der Waals surface area contributed by atoms with Crippen LogP contribution in [0.2, 0.25) is 0 Å². The molecule has 0 radical (unpaired) electrons. The van der Waals surface area contributed by atoms with Gasteiger partial charge in [0.15, 0.2) is 0 Å². The van der Waals surface area contributed by atoms with Crippen molar-refractivity contribution in [3.05, 3.63) is 12.7 Å². The summed E-state index contributed by atoms with van der Waals surface area (Å²) in [7, 11) is 0. The van der Waals surface area contributed by atoms with E-state index in [4.69, 9.17) is 0 Å². The molecule has 3 aliphatic carbocycles. The maximum atomic E-state index is 4.02. The lowest BCUT2D eigenvalue weighted by Crippen LogP contribution is -2.40. The fourth-order valence-corrected chi connectivity index (χ4v) is 6.84. The highest BCUT2D eigenvalue weighted by Crippen LogP contribution is 2.73. The summed E-state index contributed by atoms with van der Waals surface area (Å²) in [4.78, 5) is 0. The number of hydrogen-bond donors (Lipinski definition) is 0. The van der Waals surface area contributed by atoms with E-state index in [2.05, 4.69) is 33.4 Å². The van der Waals surface area contributed by atoms with Gasteiger partial charge in [-0.05, 0) is 73.0 Å². The quantitative estimate of drug-likeness (QED) is 0.482. The molecule has 0 amide bonds. The first-order chi connectivity index (χ1) is 10.1.